The Morgan fingerprint density at radius 1 is 1.11 bits per heavy atom. The van der Waals surface area contributed by atoms with Crippen molar-refractivity contribution in [3.05, 3.63) is 29.8 Å². The molecule has 0 aliphatic heterocycles. The second-order valence-electron chi connectivity index (χ2n) is 8.25. The van der Waals surface area contributed by atoms with Crippen LogP contribution in [0, 0.1) is 11.8 Å². The molecule has 0 saturated heterocycles. The molecule has 2 unspecified atom stereocenters. The third kappa shape index (κ3) is 7.24. The van der Waals surface area contributed by atoms with Gasteiger partial charge in [-0.25, -0.2) is 0 Å². The van der Waals surface area contributed by atoms with Crippen molar-refractivity contribution in [3.63, 3.8) is 0 Å². The number of amides is 2. The van der Waals surface area contributed by atoms with Crippen LogP contribution in [-0.2, 0) is 4.79 Å². The normalized spacial score (nSPS) is 19.8. The fraction of sp³-hybridized carbons (Fsp3) is 0.636. The molecule has 5 heteroatoms. The van der Waals surface area contributed by atoms with E-state index in [0.29, 0.717) is 24.5 Å². The summed E-state index contributed by atoms with van der Waals surface area (Å²) in [5.74, 6) is 1.40. The van der Waals surface area contributed by atoms with Crippen molar-refractivity contribution in [2.45, 2.75) is 71.9 Å². The number of ether oxygens (including phenoxy) is 1. The van der Waals surface area contributed by atoms with Gasteiger partial charge in [-0.05, 0) is 69.7 Å². The summed E-state index contributed by atoms with van der Waals surface area (Å²) in [7, 11) is 0. The monoisotopic (exact) mass is 374 g/mol. The number of hydrogen-bond acceptors (Lipinski definition) is 3. The van der Waals surface area contributed by atoms with E-state index in [9.17, 15) is 9.59 Å². The van der Waals surface area contributed by atoms with E-state index in [1.807, 2.05) is 26.0 Å². The van der Waals surface area contributed by atoms with Gasteiger partial charge in [-0.3, -0.25) is 9.59 Å². The van der Waals surface area contributed by atoms with E-state index in [2.05, 4.69) is 24.5 Å². The molecule has 0 heterocycles. The molecule has 5 nitrogen and oxygen atoms in total. The molecule has 1 fully saturated rings. The first-order valence-corrected chi connectivity index (χ1v) is 10.2. The molecular weight excluding hydrogens is 340 g/mol. The first kappa shape index (κ1) is 21.3. The fourth-order valence-corrected chi connectivity index (χ4v) is 3.35. The van der Waals surface area contributed by atoms with Crippen LogP contribution >= 0.6 is 0 Å². The van der Waals surface area contributed by atoms with E-state index >= 15 is 0 Å². The maximum absolute atomic E-state index is 12.5. The van der Waals surface area contributed by atoms with Crippen molar-refractivity contribution >= 4 is 11.8 Å². The minimum atomic E-state index is -0.0846. The Balaban J connectivity index is 1.84. The molecule has 27 heavy (non-hydrogen) atoms. The summed E-state index contributed by atoms with van der Waals surface area (Å²) in [5.41, 5.74) is 0.625. The van der Waals surface area contributed by atoms with Crippen LogP contribution in [0.4, 0.5) is 0 Å². The molecule has 2 rings (SSSR count). The van der Waals surface area contributed by atoms with Crippen LogP contribution < -0.4 is 15.4 Å². The molecule has 1 saturated carbocycles. The van der Waals surface area contributed by atoms with E-state index in [1.54, 1.807) is 12.1 Å². The lowest BCUT2D eigenvalue weighted by molar-refractivity contribution is -0.126. The number of benzene rings is 1. The number of hydrogen-bond donors (Lipinski definition) is 2. The number of carbonyl (C=O) groups excluding carboxylic acids is 2. The van der Waals surface area contributed by atoms with Crippen molar-refractivity contribution in [1.82, 2.24) is 10.6 Å². The standard InChI is InChI=1S/C22H34N2O3/c1-15(2)12-13-27-20-10-8-17(9-11-20)21(25)24-19-7-5-6-18(14-19)22(26)23-16(3)4/h8-11,15-16,18-19H,5-7,12-14H2,1-4H3,(H,23,26)(H,24,25). The van der Waals surface area contributed by atoms with Gasteiger partial charge in [-0.15, -0.1) is 0 Å². The van der Waals surface area contributed by atoms with Gasteiger partial charge in [-0.2, -0.15) is 0 Å². The highest BCUT2D eigenvalue weighted by Crippen LogP contribution is 2.25. The van der Waals surface area contributed by atoms with Gasteiger partial charge in [0.15, 0.2) is 0 Å². The van der Waals surface area contributed by atoms with Crippen LogP contribution in [0.15, 0.2) is 24.3 Å². The first-order chi connectivity index (χ1) is 12.8. The molecule has 1 aromatic rings. The summed E-state index contributed by atoms with van der Waals surface area (Å²) in [5, 5.41) is 6.07. The highest BCUT2D eigenvalue weighted by Gasteiger charge is 2.28. The predicted molar refractivity (Wildman–Crippen MR) is 108 cm³/mol. The van der Waals surface area contributed by atoms with Crippen LogP contribution in [0.2, 0.25) is 0 Å². The van der Waals surface area contributed by atoms with Gasteiger partial charge in [0.05, 0.1) is 6.61 Å². The molecule has 1 aliphatic rings. The average Bonchev–Trinajstić information content (AvgIpc) is 2.61. The third-order valence-corrected chi connectivity index (χ3v) is 4.89. The van der Waals surface area contributed by atoms with Gasteiger partial charge < -0.3 is 15.4 Å². The molecule has 0 aromatic heterocycles. The molecule has 2 amide bonds. The van der Waals surface area contributed by atoms with Crippen LogP contribution in [0.25, 0.3) is 0 Å². The Morgan fingerprint density at radius 3 is 2.44 bits per heavy atom. The van der Waals surface area contributed by atoms with Crippen molar-refractivity contribution in [1.29, 1.82) is 0 Å². The van der Waals surface area contributed by atoms with Crippen molar-refractivity contribution in [2.75, 3.05) is 6.61 Å². The zero-order valence-corrected chi connectivity index (χ0v) is 17.1. The van der Waals surface area contributed by atoms with E-state index in [0.717, 1.165) is 31.4 Å². The number of rotatable bonds is 8. The molecule has 0 spiro atoms. The van der Waals surface area contributed by atoms with Crippen LogP contribution in [-0.4, -0.2) is 30.5 Å². The van der Waals surface area contributed by atoms with Crippen molar-refractivity contribution < 1.29 is 14.3 Å². The van der Waals surface area contributed by atoms with Crippen molar-refractivity contribution in [3.8, 4) is 5.75 Å². The third-order valence-electron chi connectivity index (χ3n) is 4.89. The molecule has 150 valence electrons. The Morgan fingerprint density at radius 2 is 1.81 bits per heavy atom. The minimum Gasteiger partial charge on any atom is -0.494 e. The summed E-state index contributed by atoms with van der Waals surface area (Å²) >= 11 is 0. The maximum atomic E-state index is 12.5. The summed E-state index contributed by atoms with van der Waals surface area (Å²) < 4.78 is 5.70. The minimum absolute atomic E-state index is 0.0109. The van der Waals surface area contributed by atoms with Gasteiger partial charge in [-0.1, -0.05) is 20.3 Å². The Hall–Kier alpha value is -2.04. The highest BCUT2D eigenvalue weighted by atomic mass is 16.5. The van der Waals surface area contributed by atoms with Crippen LogP contribution in [0.1, 0.15) is 70.2 Å². The highest BCUT2D eigenvalue weighted by molar-refractivity contribution is 5.94. The van der Waals surface area contributed by atoms with Gasteiger partial charge >= 0.3 is 0 Å². The lowest BCUT2D eigenvalue weighted by Crippen LogP contribution is -2.43. The largest absolute Gasteiger partial charge is 0.494 e. The predicted octanol–water partition coefficient (Wildman–Crippen LogP) is 3.92. The summed E-state index contributed by atoms with van der Waals surface area (Å²) in [6.07, 6.45) is 4.50. The SMILES string of the molecule is CC(C)CCOc1ccc(C(=O)NC2CCCC(C(=O)NC(C)C)C2)cc1. The Bertz CT molecular complexity index is 610. The zero-order valence-electron chi connectivity index (χ0n) is 17.1. The number of nitrogens with one attached hydrogen (secondary N) is 2. The second kappa shape index (κ2) is 10.3. The van der Waals surface area contributed by atoms with Gasteiger partial charge in [0.1, 0.15) is 5.75 Å². The molecule has 2 N–H and O–H groups in total. The molecule has 0 bridgehead atoms. The van der Waals surface area contributed by atoms with E-state index in [-0.39, 0.29) is 29.8 Å². The summed E-state index contributed by atoms with van der Waals surface area (Å²) in [6.45, 7) is 8.95. The number of carbonyl (C=O) groups is 2. The zero-order chi connectivity index (χ0) is 19.8. The smallest absolute Gasteiger partial charge is 0.251 e. The lowest BCUT2D eigenvalue weighted by Gasteiger charge is -2.29. The van der Waals surface area contributed by atoms with Crippen LogP contribution in [0.3, 0.4) is 0 Å². The van der Waals surface area contributed by atoms with Gasteiger partial charge in [0.2, 0.25) is 5.91 Å². The molecular formula is C22H34N2O3. The van der Waals surface area contributed by atoms with Crippen LogP contribution in [0.5, 0.6) is 5.75 Å². The average molecular weight is 375 g/mol. The molecule has 2 atom stereocenters. The Labute approximate surface area is 163 Å². The quantitative estimate of drug-likeness (QED) is 0.724. The maximum Gasteiger partial charge on any atom is 0.251 e. The summed E-state index contributed by atoms with van der Waals surface area (Å²) in [4.78, 5) is 24.8. The van der Waals surface area contributed by atoms with E-state index < -0.39 is 0 Å². The fourth-order valence-electron chi connectivity index (χ4n) is 3.35. The molecule has 1 aliphatic carbocycles. The molecule has 0 radical (unpaired) electrons. The lowest BCUT2D eigenvalue weighted by atomic mass is 9.85. The first-order valence-electron chi connectivity index (χ1n) is 10.2. The van der Waals surface area contributed by atoms with Gasteiger partial charge in [0, 0.05) is 23.6 Å². The summed E-state index contributed by atoms with van der Waals surface area (Å²) in [6, 6.07) is 7.48. The van der Waals surface area contributed by atoms with E-state index in [1.165, 1.54) is 0 Å². The molecule has 1 aromatic carbocycles. The Kier molecular flexibility index (Phi) is 8.14. The second-order valence-corrected chi connectivity index (χ2v) is 8.25. The topological polar surface area (TPSA) is 67.4 Å². The van der Waals surface area contributed by atoms with E-state index in [4.69, 9.17) is 4.74 Å². The van der Waals surface area contributed by atoms with Gasteiger partial charge in [0.25, 0.3) is 5.91 Å². The van der Waals surface area contributed by atoms with Crippen molar-refractivity contribution in [2.24, 2.45) is 11.8 Å².